The van der Waals surface area contributed by atoms with Crippen LogP contribution in [0.15, 0.2) is 53.9 Å². The molecule has 2 aromatic carbocycles. The molecule has 3 amide bonds. The lowest BCUT2D eigenvalue weighted by atomic mass is 10.2. The fourth-order valence-electron chi connectivity index (χ4n) is 2.47. The number of halogens is 1. The van der Waals surface area contributed by atoms with Gasteiger partial charge in [0.2, 0.25) is 11.8 Å². The van der Waals surface area contributed by atoms with E-state index in [1.807, 2.05) is 6.07 Å². The molecular weight excluding hydrogens is 395 g/mol. The summed E-state index contributed by atoms with van der Waals surface area (Å²) in [7, 11) is 0. The molecule has 3 N–H and O–H groups in total. The number of carbonyl (C=O) groups is 3. The molecule has 0 atom stereocenters. The molecule has 29 heavy (non-hydrogen) atoms. The number of aromatic nitrogens is 1. The number of nitrogens with one attached hydrogen (secondary N) is 3. The average molecular weight is 412 g/mol. The second-order valence-corrected chi connectivity index (χ2v) is 6.92. The van der Waals surface area contributed by atoms with E-state index in [9.17, 15) is 18.8 Å². The van der Waals surface area contributed by atoms with Gasteiger partial charge in [-0.25, -0.2) is 9.37 Å². The molecule has 9 heteroatoms. The van der Waals surface area contributed by atoms with E-state index < -0.39 is 11.7 Å². The van der Waals surface area contributed by atoms with Crippen LogP contribution in [0.2, 0.25) is 0 Å². The van der Waals surface area contributed by atoms with E-state index in [-0.39, 0.29) is 23.9 Å². The summed E-state index contributed by atoms with van der Waals surface area (Å²) in [6.07, 6.45) is -0.0957. The largest absolute Gasteiger partial charge is 0.326 e. The van der Waals surface area contributed by atoms with E-state index in [4.69, 9.17) is 0 Å². The zero-order chi connectivity index (χ0) is 20.8. The Bertz CT molecular complexity index is 1050. The lowest BCUT2D eigenvalue weighted by molar-refractivity contribution is -0.116. The maximum Gasteiger partial charge on any atom is 0.257 e. The Kier molecular flexibility index (Phi) is 6.30. The maximum atomic E-state index is 13.9. The van der Waals surface area contributed by atoms with E-state index in [2.05, 4.69) is 20.9 Å². The molecule has 0 saturated heterocycles. The molecule has 0 aliphatic rings. The van der Waals surface area contributed by atoms with Crippen LogP contribution < -0.4 is 16.0 Å². The Hall–Kier alpha value is -3.59. The topological polar surface area (TPSA) is 100 Å². The Balaban J connectivity index is 1.60. The Morgan fingerprint density at radius 1 is 1.03 bits per heavy atom. The Morgan fingerprint density at radius 2 is 1.79 bits per heavy atom. The third-order valence-corrected chi connectivity index (χ3v) is 4.52. The number of hydrogen-bond acceptors (Lipinski definition) is 5. The first-order valence-corrected chi connectivity index (χ1v) is 9.46. The standard InChI is InChI=1S/C20H17FN4O3S/c1-12(26)22-14-7-8-16(21)17(9-14)24-18(27)10-15-11-29-20(23-15)25-19(28)13-5-3-2-4-6-13/h2-9,11H,10H2,1H3,(H,22,26)(H,24,27)(H,23,25,28). The second-order valence-electron chi connectivity index (χ2n) is 6.06. The minimum atomic E-state index is -0.624. The molecule has 0 aliphatic heterocycles. The van der Waals surface area contributed by atoms with E-state index in [1.165, 1.54) is 30.4 Å². The fraction of sp³-hybridized carbons (Fsp3) is 0.100. The van der Waals surface area contributed by atoms with Crippen molar-refractivity contribution in [1.82, 2.24) is 4.98 Å². The van der Waals surface area contributed by atoms with Gasteiger partial charge in [0.1, 0.15) is 5.82 Å². The lowest BCUT2D eigenvalue weighted by Crippen LogP contribution is -2.16. The van der Waals surface area contributed by atoms with Gasteiger partial charge < -0.3 is 10.6 Å². The van der Waals surface area contributed by atoms with Gasteiger partial charge in [-0.1, -0.05) is 18.2 Å². The Morgan fingerprint density at radius 3 is 2.52 bits per heavy atom. The summed E-state index contributed by atoms with van der Waals surface area (Å²) in [6.45, 7) is 1.33. The zero-order valence-corrected chi connectivity index (χ0v) is 16.2. The van der Waals surface area contributed by atoms with Crippen LogP contribution in [0.3, 0.4) is 0 Å². The number of benzene rings is 2. The molecular formula is C20H17FN4O3S. The Labute approximate surface area is 170 Å². The molecule has 0 spiro atoms. The third kappa shape index (κ3) is 5.69. The molecule has 0 fully saturated rings. The van der Waals surface area contributed by atoms with Crippen LogP contribution in [0.1, 0.15) is 23.0 Å². The van der Waals surface area contributed by atoms with Crippen molar-refractivity contribution < 1.29 is 18.8 Å². The highest BCUT2D eigenvalue weighted by Gasteiger charge is 2.13. The van der Waals surface area contributed by atoms with Gasteiger partial charge in [0, 0.05) is 23.6 Å². The summed E-state index contributed by atoms with van der Waals surface area (Å²) < 4.78 is 13.9. The normalized spacial score (nSPS) is 10.3. The van der Waals surface area contributed by atoms with Crippen molar-refractivity contribution in [2.24, 2.45) is 0 Å². The van der Waals surface area contributed by atoms with Crippen molar-refractivity contribution in [2.45, 2.75) is 13.3 Å². The predicted octanol–water partition coefficient (Wildman–Crippen LogP) is 3.67. The van der Waals surface area contributed by atoms with Gasteiger partial charge >= 0.3 is 0 Å². The fourth-order valence-corrected chi connectivity index (χ4v) is 3.17. The number of anilines is 3. The van der Waals surface area contributed by atoms with Crippen LogP contribution >= 0.6 is 11.3 Å². The summed E-state index contributed by atoms with van der Waals surface area (Å²) in [4.78, 5) is 39.7. The number of hydrogen-bond donors (Lipinski definition) is 3. The van der Waals surface area contributed by atoms with Crippen LogP contribution in [0, 0.1) is 5.82 Å². The number of rotatable bonds is 6. The summed E-state index contributed by atoms with van der Waals surface area (Å²) >= 11 is 1.19. The van der Waals surface area contributed by atoms with Crippen molar-refractivity contribution in [3.8, 4) is 0 Å². The SMILES string of the molecule is CC(=O)Nc1ccc(F)c(NC(=O)Cc2csc(NC(=O)c3ccccc3)n2)c1. The van der Waals surface area contributed by atoms with E-state index in [0.717, 1.165) is 6.07 Å². The van der Waals surface area contributed by atoms with Crippen molar-refractivity contribution >= 4 is 45.6 Å². The van der Waals surface area contributed by atoms with Gasteiger partial charge in [0.05, 0.1) is 17.8 Å². The monoisotopic (exact) mass is 412 g/mol. The van der Waals surface area contributed by atoms with Crippen molar-refractivity contribution in [3.05, 3.63) is 71.0 Å². The van der Waals surface area contributed by atoms with Gasteiger partial charge in [-0.15, -0.1) is 11.3 Å². The summed E-state index contributed by atoms with van der Waals surface area (Å²) in [5.74, 6) is -1.70. The number of carbonyl (C=O) groups excluding carboxylic acids is 3. The molecule has 1 aromatic heterocycles. The molecule has 0 unspecified atom stereocenters. The second kappa shape index (κ2) is 9.07. The van der Waals surface area contributed by atoms with Crippen LogP contribution in [-0.4, -0.2) is 22.7 Å². The molecule has 3 aromatic rings. The van der Waals surface area contributed by atoms with E-state index in [0.29, 0.717) is 22.1 Å². The first-order chi connectivity index (χ1) is 13.9. The average Bonchev–Trinajstić information content (AvgIpc) is 3.11. The number of thiazole rings is 1. The van der Waals surface area contributed by atoms with Crippen LogP contribution in [0.25, 0.3) is 0 Å². The first-order valence-electron chi connectivity index (χ1n) is 8.58. The van der Waals surface area contributed by atoms with Crippen molar-refractivity contribution in [3.63, 3.8) is 0 Å². The molecule has 0 aliphatic carbocycles. The maximum absolute atomic E-state index is 13.9. The smallest absolute Gasteiger partial charge is 0.257 e. The van der Waals surface area contributed by atoms with Gasteiger partial charge in [-0.2, -0.15) is 0 Å². The molecule has 0 saturated carbocycles. The zero-order valence-electron chi connectivity index (χ0n) is 15.4. The van der Waals surface area contributed by atoms with Crippen LogP contribution in [0.4, 0.5) is 20.9 Å². The van der Waals surface area contributed by atoms with Gasteiger partial charge in [-0.3, -0.25) is 19.7 Å². The molecule has 0 bridgehead atoms. The van der Waals surface area contributed by atoms with Gasteiger partial charge in [0.15, 0.2) is 5.13 Å². The molecule has 7 nitrogen and oxygen atoms in total. The number of nitrogens with zero attached hydrogens (tertiary/aromatic N) is 1. The minimum Gasteiger partial charge on any atom is -0.326 e. The molecule has 1 heterocycles. The first kappa shape index (κ1) is 20.2. The van der Waals surface area contributed by atoms with Crippen LogP contribution in [-0.2, 0) is 16.0 Å². The van der Waals surface area contributed by atoms with Crippen molar-refractivity contribution in [1.29, 1.82) is 0 Å². The molecule has 0 radical (unpaired) electrons. The van der Waals surface area contributed by atoms with Crippen LogP contribution in [0.5, 0.6) is 0 Å². The third-order valence-electron chi connectivity index (χ3n) is 3.71. The van der Waals surface area contributed by atoms with Gasteiger partial charge in [-0.05, 0) is 30.3 Å². The summed E-state index contributed by atoms with van der Waals surface area (Å²) in [6, 6.07) is 12.6. The summed E-state index contributed by atoms with van der Waals surface area (Å²) in [5.41, 5.74) is 1.26. The number of amides is 3. The van der Waals surface area contributed by atoms with Gasteiger partial charge in [0.25, 0.3) is 5.91 Å². The predicted molar refractivity (Wildman–Crippen MR) is 110 cm³/mol. The highest BCUT2D eigenvalue weighted by atomic mass is 32.1. The van der Waals surface area contributed by atoms with E-state index in [1.54, 1.807) is 29.6 Å². The molecule has 148 valence electrons. The van der Waals surface area contributed by atoms with E-state index >= 15 is 0 Å². The summed E-state index contributed by atoms with van der Waals surface area (Å²) in [5, 5.41) is 9.66. The quantitative estimate of drug-likeness (QED) is 0.575. The highest BCUT2D eigenvalue weighted by Crippen LogP contribution is 2.21. The lowest BCUT2D eigenvalue weighted by Gasteiger charge is -2.08. The molecule has 3 rings (SSSR count). The minimum absolute atomic E-state index is 0.0471. The van der Waals surface area contributed by atoms with Crippen molar-refractivity contribution in [2.75, 3.05) is 16.0 Å². The highest BCUT2D eigenvalue weighted by molar-refractivity contribution is 7.14.